The zero-order valence-corrected chi connectivity index (χ0v) is 7.83. The van der Waals surface area contributed by atoms with E-state index in [4.69, 9.17) is 0 Å². The number of amides is 2. The van der Waals surface area contributed by atoms with Crippen LogP contribution >= 0.6 is 0 Å². The number of nitrogens with one attached hydrogen (secondary N) is 1. The van der Waals surface area contributed by atoms with Crippen LogP contribution in [0.2, 0.25) is 0 Å². The molecule has 0 bridgehead atoms. The molecule has 1 fully saturated rings. The molecule has 72 valence electrons. The molecule has 3 nitrogen and oxygen atoms in total. The molecule has 0 saturated carbocycles. The first-order chi connectivity index (χ1) is 6.36. The first kappa shape index (κ1) is 8.60. The normalized spacial score (nSPS) is 22.6. The van der Waals surface area contributed by atoms with E-state index in [1.807, 2.05) is 4.90 Å². The van der Waals surface area contributed by atoms with Gasteiger partial charge in [0.15, 0.2) is 0 Å². The van der Waals surface area contributed by atoms with Crippen molar-refractivity contribution in [3.05, 3.63) is 12.2 Å². The van der Waals surface area contributed by atoms with Gasteiger partial charge in [-0.05, 0) is 25.7 Å². The second-order valence-corrected chi connectivity index (χ2v) is 3.78. The predicted octanol–water partition coefficient (Wildman–Crippen LogP) is 1.51. The third kappa shape index (κ3) is 2.02. The fraction of sp³-hybridized carbons (Fsp3) is 0.700. The topological polar surface area (TPSA) is 32.3 Å². The minimum Gasteiger partial charge on any atom is -0.335 e. The van der Waals surface area contributed by atoms with Crippen molar-refractivity contribution in [2.24, 2.45) is 0 Å². The highest BCUT2D eigenvalue weighted by Crippen LogP contribution is 2.12. The van der Waals surface area contributed by atoms with E-state index >= 15 is 0 Å². The maximum Gasteiger partial charge on any atom is 0.317 e. The summed E-state index contributed by atoms with van der Waals surface area (Å²) in [6, 6.07) is 0.485. The van der Waals surface area contributed by atoms with Gasteiger partial charge in [0.05, 0.1) is 0 Å². The van der Waals surface area contributed by atoms with Crippen molar-refractivity contribution in [2.45, 2.75) is 31.7 Å². The van der Waals surface area contributed by atoms with Crippen molar-refractivity contribution in [1.82, 2.24) is 10.2 Å². The number of carbonyl (C=O) groups excluding carboxylic acids is 1. The molecular weight excluding hydrogens is 164 g/mol. The van der Waals surface area contributed by atoms with E-state index in [0.29, 0.717) is 6.04 Å². The Morgan fingerprint density at radius 3 is 2.46 bits per heavy atom. The molecule has 1 saturated heterocycles. The predicted molar refractivity (Wildman–Crippen MR) is 51.5 cm³/mol. The summed E-state index contributed by atoms with van der Waals surface area (Å²) in [6.45, 7) is 1.87. The van der Waals surface area contributed by atoms with Crippen molar-refractivity contribution < 1.29 is 4.79 Å². The maximum absolute atomic E-state index is 11.6. The van der Waals surface area contributed by atoms with Crippen molar-refractivity contribution in [1.29, 1.82) is 0 Å². The molecule has 1 aliphatic carbocycles. The zero-order chi connectivity index (χ0) is 9.10. The Balaban J connectivity index is 1.77. The van der Waals surface area contributed by atoms with E-state index in [0.717, 1.165) is 38.8 Å². The van der Waals surface area contributed by atoms with Gasteiger partial charge in [-0.3, -0.25) is 0 Å². The zero-order valence-electron chi connectivity index (χ0n) is 7.83. The number of hydrogen-bond acceptors (Lipinski definition) is 1. The molecule has 0 aromatic rings. The van der Waals surface area contributed by atoms with Crippen LogP contribution in [-0.4, -0.2) is 30.1 Å². The molecule has 2 rings (SSSR count). The van der Waals surface area contributed by atoms with Crippen molar-refractivity contribution in [2.75, 3.05) is 13.1 Å². The highest BCUT2D eigenvalue weighted by atomic mass is 16.2. The molecule has 1 N–H and O–H groups in total. The summed E-state index contributed by atoms with van der Waals surface area (Å²) in [5.41, 5.74) is 0. The number of likely N-dealkylation sites (tertiary alicyclic amines) is 1. The van der Waals surface area contributed by atoms with Gasteiger partial charge < -0.3 is 10.2 Å². The van der Waals surface area contributed by atoms with Crippen LogP contribution in [0, 0.1) is 0 Å². The smallest absolute Gasteiger partial charge is 0.317 e. The van der Waals surface area contributed by atoms with Crippen LogP contribution in [0.1, 0.15) is 25.7 Å². The maximum atomic E-state index is 11.6. The largest absolute Gasteiger partial charge is 0.335 e. The number of urea groups is 1. The molecule has 13 heavy (non-hydrogen) atoms. The molecule has 0 radical (unpaired) electrons. The Bertz CT molecular complexity index is 211. The molecule has 1 aliphatic heterocycles. The van der Waals surface area contributed by atoms with Gasteiger partial charge in [0.25, 0.3) is 0 Å². The van der Waals surface area contributed by atoms with Gasteiger partial charge in [-0.15, -0.1) is 0 Å². The molecule has 2 amide bonds. The van der Waals surface area contributed by atoms with Crippen molar-refractivity contribution in [3.8, 4) is 0 Å². The summed E-state index contributed by atoms with van der Waals surface area (Å²) in [7, 11) is 0. The van der Waals surface area contributed by atoms with E-state index in [-0.39, 0.29) is 6.03 Å². The SMILES string of the molecule is O=C(NC1CC=CC1)N1CCCC1. The highest BCUT2D eigenvalue weighted by Gasteiger charge is 2.20. The monoisotopic (exact) mass is 180 g/mol. The Morgan fingerprint density at radius 2 is 1.85 bits per heavy atom. The molecule has 0 aromatic heterocycles. The molecule has 0 aromatic carbocycles. The van der Waals surface area contributed by atoms with Gasteiger partial charge in [-0.25, -0.2) is 4.79 Å². The number of carbonyl (C=O) groups is 1. The van der Waals surface area contributed by atoms with Crippen LogP contribution in [0.15, 0.2) is 12.2 Å². The molecular formula is C10H16N2O. The van der Waals surface area contributed by atoms with Gasteiger partial charge in [0, 0.05) is 19.1 Å². The lowest BCUT2D eigenvalue weighted by Crippen LogP contribution is -2.42. The quantitative estimate of drug-likeness (QED) is 0.609. The van der Waals surface area contributed by atoms with Crippen LogP contribution < -0.4 is 5.32 Å². The van der Waals surface area contributed by atoms with E-state index in [9.17, 15) is 4.79 Å². The van der Waals surface area contributed by atoms with Crippen LogP contribution in [0.5, 0.6) is 0 Å². The van der Waals surface area contributed by atoms with Gasteiger partial charge in [0.1, 0.15) is 0 Å². The lowest BCUT2D eigenvalue weighted by molar-refractivity contribution is 0.205. The Morgan fingerprint density at radius 1 is 1.23 bits per heavy atom. The summed E-state index contributed by atoms with van der Waals surface area (Å²) in [5, 5.41) is 3.05. The van der Waals surface area contributed by atoms with E-state index in [2.05, 4.69) is 17.5 Å². The lowest BCUT2D eigenvalue weighted by atomic mass is 10.2. The second kappa shape index (κ2) is 3.81. The lowest BCUT2D eigenvalue weighted by Gasteiger charge is -2.19. The number of nitrogens with zero attached hydrogens (tertiary/aromatic N) is 1. The number of hydrogen-bond donors (Lipinski definition) is 1. The van der Waals surface area contributed by atoms with Gasteiger partial charge in [-0.2, -0.15) is 0 Å². The Labute approximate surface area is 78.8 Å². The van der Waals surface area contributed by atoms with Crippen molar-refractivity contribution in [3.63, 3.8) is 0 Å². The third-order valence-electron chi connectivity index (χ3n) is 2.73. The first-order valence-electron chi connectivity index (χ1n) is 5.07. The van der Waals surface area contributed by atoms with Gasteiger partial charge in [0.2, 0.25) is 0 Å². The Hall–Kier alpha value is -0.990. The Kier molecular flexibility index (Phi) is 2.52. The molecule has 0 spiro atoms. The fourth-order valence-electron chi connectivity index (χ4n) is 1.92. The summed E-state index contributed by atoms with van der Waals surface area (Å²) in [6.07, 6.45) is 8.59. The van der Waals surface area contributed by atoms with Crippen molar-refractivity contribution >= 4 is 6.03 Å². The minimum absolute atomic E-state index is 0.131. The standard InChI is InChI=1S/C10H16N2O/c13-10(12-7-3-4-8-12)11-9-5-1-2-6-9/h1-2,9H,3-8H2,(H,11,13). The average Bonchev–Trinajstić information content (AvgIpc) is 2.74. The fourth-order valence-corrected chi connectivity index (χ4v) is 1.92. The highest BCUT2D eigenvalue weighted by molar-refractivity contribution is 5.74. The van der Waals surface area contributed by atoms with Gasteiger partial charge >= 0.3 is 6.03 Å². The molecule has 3 heteroatoms. The van der Waals surface area contributed by atoms with E-state index in [1.165, 1.54) is 0 Å². The first-order valence-corrected chi connectivity index (χ1v) is 5.07. The summed E-state index contributed by atoms with van der Waals surface area (Å²) >= 11 is 0. The van der Waals surface area contributed by atoms with Gasteiger partial charge in [-0.1, -0.05) is 12.2 Å². The van der Waals surface area contributed by atoms with Crippen LogP contribution in [0.3, 0.4) is 0 Å². The summed E-state index contributed by atoms with van der Waals surface area (Å²) < 4.78 is 0. The number of rotatable bonds is 1. The molecule has 2 aliphatic rings. The minimum atomic E-state index is 0.131. The third-order valence-corrected chi connectivity index (χ3v) is 2.73. The van der Waals surface area contributed by atoms with E-state index < -0.39 is 0 Å². The van der Waals surface area contributed by atoms with Crippen LogP contribution in [-0.2, 0) is 0 Å². The molecule has 0 unspecified atom stereocenters. The molecule has 1 heterocycles. The van der Waals surface area contributed by atoms with Crippen LogP contribution in [0.4, 0.5) is 4.79 Å². The average molecular weight is 180 g/mol. The van der Waals surface area contributed by atoms with E-state index in [1.54, 1.807) is 0 Å². The van der Waals surface area contributed by atoms with Crippen LogP contribution in [0.25, 0.3) is 0 Å². The molecule has 0 atom stereocenters. The second-order valence-electron chi connectivity index (χ2n) is 3.78. The summed E-state index contributed by atoms with van der Waals surface area (Å²) in [4.78, 5) is 13.5. The summed E-state index contributed by atoms with van der Waals surface area (Å²) in [5.74, 6) is 0.